The van der Waals surface area contributed by atoms with E-state index in [1.807, 2.05) is 24.1 Å². The topological polar surface area (TPSA) is 41.6 Å². The second-order valence-corrected chi connectivity index (χ2v) is 4.15. The summed E-state index contributed by atoms with van der Waals surface area (Å²) in [6, 6.07) is 7.25. The van der Waals surface area contributed by atoms with E-state index in [1.54, 1.807) is 19.2 Å². The zero-order valence-electron chi connectivity index (χ0n) is 10.1. The van der Waals surface area contributed by atoms with Crippen molar-refractivity contribution in [1.82, 2.24) is 10.2 Å². The van der Waals surface area contributed by atoms with Gasteiger partial charge in [-0.15, -0.1) is 0 Å². The van der Waals surface area contributed by atoms with Crippen LogP contribution in [0.5, 0.6) is 5.75 Å². The van der Waals surface area contributed by atoms with Gasteiger partial charge in [-0.25, -0.2) is 0 Å². The van der Waals surface area contributed by atoms with E-state index in [-0.39, 0.29) is 5.91 Å². The molecule has 5 heteroatoms. The number of nitrogens with one attached hydrogen (secondary N) is 1. The highest BCUT2D eigenvalue weighted by molar-refractivity contribution is 6.30. The van der Waals surface area contributed by atoms with Crippen LogP contribution in [0.3, 0.4) is 0 Å². The molecule has 0 spiro atoms. The number of likely N-dealkylation sites (N-methyl/N-ethyl adjacent to an activating group) is 2. The molecule has 0 unspecified atom stereocenters. The summed E-state index contributed by atoms with van der Waals surface area (Å²) in [5, 5.41) is 3.23. The van der Waals surface area contributed by atoms with Crippen LogP contribution in [0.4, 0.5) is 0 Å². The van der Waals surface area contributed by atoms with Crippen LogP contribution >= 0.6 is 11.6 Å². The van der Waals surface area contributed by atoms with Crippen LogP contribution in [0.25, 0.3) is 0 Å². The van der Waals surface area contributed by atoms with Gasteiger partial charge in [-0.05, 0) is 25.2 Å². The van der Waals surface area contributed by atoms with Gasteiger partial charge in [0.1, 0.15) is 12.4 Å². The minimum Gasteiger partial charge on any atom is -0.492 e. The van der Waals surface area contributed by atoms with E-state index in [1.165, 1.54) is 0 Å². The van der Waals surface area contributed by atoms with Gasteiger partial charge in [-0.1, -0.05) is 17.7 Å². The third-order valence-corrected chi connectivity index (χ3v) is 2.47. The quantitative estimate of drug-likeness (QED) is 0.837. The van der Waals surface area contributed by atoms with Crippen LogP contribution in [0, 0.1) is 0 Å². The molecular formula is C12H17ClN2O2. The number of carbonyl (C=O) groups excluding carboxylic acids is 1. The second-order valence-electron chi connectivity index (χ2n) is 3.72. The number of hydrogen-bond donors (Lipinski definition) is 1. The Morgan fingerprint density at radius 1 is 1.53 bits per heavy atom. The zero-order chi connectivity index (χ0) is 12.7. The smallest absolute Gasteiger partial charge is 0.233 e. The molecule has 0 aliphatic heterocycles. The van der Waals surface area contributed by atoms with Crippen LogP contribution < -0.4 is 10.1 Å². The van der Waals surface area contributed by atoms with E-state index >= 15 is 0 Å². The number of benzene rings is 1. The highest BCUT2D eigenvalue weighted by atomic mass is 35.5. The van der Waals surface area contributed by atoms with Crippen LogP contribution in [0.15, 0.2) is 24.3 Å². The van der Waals surface area contributed by atoms with Gasteiger partial charge >= 0.3 is 0 Å². The molecule has 94 valence electrons. The Morgan fingerprint density at radius 2 is 2.29 bits per heavy atom. The normalized spacial score (nSPS) is 10.4. The van der Waals surface area contributed by atoms with Crippen LogP contribution in [-0.4, -0.2) is 44.6 Å². The third-order valence-electron chi connectivity index (χ3n) is 2.23. The minimum atomic E-state index is -0.00439. The molecule has 0 aliphatic rings. The molecule has 0 heterocycles. The van der Waals surface area contributed by atoms with Gasteiger partial charge in [0.05, 0.1) is 6.54 Å². The molecule has 1 amide bonds. The van der Waals surface area contributed by atoms with E-state index in [4.69, 9.17) is 16.3 Å². The Balaban J connectivity index is 2.25. The molecule has 0 fully saturated rings. The largest absolute Gasteiger partial charge is 0.492 e. The standard InChI is InChI=1S/C12H17ClN2O2/c1-14-12(16)9-15(2)6-7-17-11-5-3-4-10(13)8-11/h3-5,8H,6-7,9H2,1-2H3,(H,14,16). The first-order valence-electron chi connectivity index (χ1n) is 5.39. The lowest BCUT2D eigenvalue weighted by Crippen LogP contribution is -2.35. The molecule has 1 N–H and O–H groups in total. The summed E-state index contributed by atoms with van der Waals surface area (Å²) in [6.07, 6.45) is 0. The molecule has 0 radical (unpaired) electrons. The summed E-state index contributed by atoms with van der Waals surface area (Å²) in [4.78, 5) is 13.0. The second kappa shape index (κ2) is 7.14. The van der Waals surface area contributed by atoms with Gasteiger partial charge in [0.15, 0.2) is 0 Å². The van der Waals surface area contributed by atoms with Gasteiger partial charge in [0.2, 0.25) is 5.91 Å². The number of halogens is 1. The number of carbonyl (C=O) groups is 1. The maximum atomic E-state index is 11.1. The lowest BCUT2D eigenvalue weighted by Gasteiger charge is -2.15. The average molecular weight is 257 g/mol. The average Bonchev–Trinajstić information content (AvgIpc) is 2.29. The van der Waals surface area contributed by atoms with Gasteiger partial charge in [0, 0.05) is 18.6 Å². The van der Waals surface area contributed by atoms with E-state index < -0.39 is 0 Å². The Bertz CT molecular complexity index is 371. The van der Waals surface area contributed by atoms with Gasteiger partial charge in [-0.2, -0.15) is 0 Å². The van der Waals surface area contributed by atoms with Crippen molar-refractivity contribution in [3.8, 4) is 5.75 Å². The van der Waals surface area contributed by atoms with Gasteiger partial charge in [-0.3, -0.25) is 9.69 Å². The zero-order valence-corrected chi connectivity index (χ0v) is 10.8. The highest BCUT2D eigenvalue weighted by Crippen LogP contribution is 2.16. The molecule has 0 atom stereocenters. The van der Waals surface area contributed by atoms with Crippen molar-refractivity contribution < 1.29 is 9.53 Å². The van der Waals surface area contributed by atoms with E-state index in [2.05, 4.69) is 5.32 Å². The monoisotopic (exact) mass is 256 g/mol. The molecule has 0 saturated carbocycles. The minimum absolute atomic E-state index is 0.00439. The number of nitrogens with zero attached hydrogens (tertiary/aromatic N) is 1. The van der Waals surface area contributed by atoms with Crippen molar-refractivity contribution in [1.29, 1.82) is 0 Å². The third kappa shape index (κ3) is 5.56. The molecule has 1 aromatic carbocycles. The lowest BCUT2D eigenvalue weighted by atomic mass is 10.3. The van der Waals surface area contributed by atoms with Crippen LogP contribution in [0.1, 0.15) is 0 Å². The maximum Gasteiger partial charge on any atom is 0.233 e. The number of amides is 1. The van der Waals surface area contributed by atoms with E-state index in [0.717, 1.165) is 5.75 Å². The fraction of sp³-hybridized carbons (Fsp3) is 0.417. The van der Waals surface area contributed by atoms with Crippen molar-refractivity contribution in [2.75, 3.05) is 33.8 Å². The van der Waals surface area contributed by atoms with E-state index in [0.29, 0.717) is 24.7 Å². The number of ether oxygens (including phenoxy) is 1. The summed E-state index contributed by atoms with van der Waals surface area (Å²) in [7, 11) is 3.50. The Labute approximate surface area is 107 Å². The summed E-state index contributed by atoms with van der Waals surface area (Å²) in [5.74, 6) is 0.737. The molecule has 0 aromatic heterocycles. The summed E-state index contributed by atoms with van der Waals surface area (Å²) < 4.78 is 5.51. The first-order valence-corrected chi connectivity index (χ1v) is 5.77. The van der Waals surface area contributed by atoms with Crippen molar-refractivity contribution in [2.24, 2.45) is 0 Å². The summed E-state index contributed by atoms with van der Waals surface area (Å²) >= 11 is 5.83. The molecule has 0 aliphatic carbocycles. The Kier molecular flexibility index (Phi) is 5.80. The predicted molar refractivity (Wildman–Crippen MR) is 68.5 cm³/mol. The number of rotatable bonds is 6. The van der Waals surface area contributed by atoms with Crippen molar-refractivity contribution >= 4 is 17.5 Å². The molecule has 1 rings (SSSR count). The van der Waals surface area contributed by atoms with Gasteiger partial charge < -0.3 is 10.1 Å². The van der Waals surface area contributed by atoms with Crippen molar-refractivity contribution in [3.05, 3.63) is 29.3 Å². The lowest BCUT2D eigenvalue weighted by molar-refractivity contribution is -0.121. The van der Waals surface area contributed by atoms with Crippen LogP contribution in [-0.2, 0) is 4.79 Å². The SMILES string of the molecule is CNC(=O)CN(C)CCOc1cccc(Cl)c1. The number of hydrogen-bond acceptors (Lipinski definition) is 3. The van der Waals surface area contributed by atoms with Crippen molar-refractivity contribution in [3.63, 3.8) is 0 Å². The van der Waals surface area contributed by atoms with Crippen LogP contribution in [0.2, 0.25) is 5.02 Å². The first kappa shape index (κ1) is 13.8. The van der Waals surface area contributed by atoms with Gasteiger partial charge in [0.25, 0.3) is 0 Å². The highest BCUT2D eigenvalue weighted by Gasteiger charge is 2.04. The Hall–Kier alpha value is -1.26. The molecule has 17 heavy (non-hydrogen) atoms. The van der Waals surface area contributed by atoms with E-state index in [9.17, 15) is 4.79 Å². The fourth-order valence-electron chi connectivity index (χ4n) is 1.28. The molecule has 1 aromatic rings. The first-order chi connectivity index (χ1) is 8.11. The molecule has 0 bridgehead atoms. The summed E-state index contributed by atoms with van der Waals surface area (Å²) in [6.45, 7) is 1.57. The van der Waals surface area contributed by atoms with Crippen molar-refractivity contribution in [2.45, 2.75) is 0 Å². The maximum absolute atomic E-state index is 11.1. The molecule has 4 nitrogen and oxygen atoms in total. The predicted octanol–water partition coefficient (Wildman–Crippen LogP) is 1.40. The summed E-state index contributed by atoms with van der Waals surface area (Å²) in [5.41, 5.74) is 0. The fourth-order valence-corrected chi connectivity index (χ4v) is 1.46. The molecular weight excluding hydrogens is 240 g/mol. The molecule has 0 saturated heterocycles. The Morgan fingerprint density at radius 3 is 2.94 bits per heavy atom.